The van der Waals surface area contributed by atoms with E-state index >= 15 is 0 Å². The number of carboxylic acid groups (broad SMARTS) is 2. The molecule has 3 N–H and O–H groups in total. The van der Waals surface area contributed by atoms with Crippen LogP contribution in [0.3, 0.4) is 0 Å². The molecule has 1 aliphatic heterocycles. The lowest BCUT2D eigenvalue weighted by Gasteiger charge is -2.43. The number of aliphatic carboxylic acids is 2. The average Bonchev–Trinajstić information content (AvgIpc) is 2.92. The van der Waals surface area contributed by atoms with Crippen LogP contribution in [-0.2, 0) is 19.2 Å². The minimum Gasteiger partial charge on any atom is -0.473 e. The monoisotopic (exact) mass is 537 g/mol. The first kappa shape index (κ1) is 31.2. The summed E-state index contributed by atoms with van der Waals surface area (Å²) in [5.74, 6) is -3.63. The summed E-state index contributed by atoms with van der Waals surface area (Å²) in [7, 11) is 0. The molecule has 1 saturated heterocycles. The lowest BCUT2D eigenvalue weighted by atomic mass is 9.86. The Kier molecular flexibility index (Phi) is 12.9. The lowest BCUT2D eigenvalue weighted by Crippen LogP contribution is -2.49. The Morgan fingerprint density at radius 2 is 1.69 bits per heavy atom. The molecule has 2 unspecified atom stereocenters. The van der Waals surface area contributed by atoms with Gasteiger partial charge in [0.1, 0.15) is 6.61 Å². The number of carbonyl (C=O) groups excluding carboxylic acids is 1. The molecule has 1 fully saturated rings. The molecule has 3 rings (SSSR count). The van der Waals surface area contributed by atoms with Crippen molar-refractivity contribution in [2.24, 2.45) is 5.16 Å². The highest BCUT2D eigenvalue weighted by atomic mass is 16.6. The van der Waals surface area contributed by atoms with E-state index in [1.807, 2.05) is 67.3 Å². The van der Waals surface area contributed by atoms with Crippen LogP contribution in [0.1, 0.15) is 63.6 Å². The van der Waals surface area contributed by atoms with Crippen molar-refractivity contribution in [1.82, 2.24) is 5.32 Å². The molecule has 1 amide bonds. The van der Waals surface area contributed by atoms with Gasteiger partial charge >= 0.3 is 11.9 Å². The van der Waals surface area contributed by atoms with Crippen molar-refractivity contribution in [3.63, 3.8) is 0 Å². The van der Waals surface area contributed by atoms with E-state index in [0.717, 1.165) is 41.8 Å². The van der Waals surface area contributed by atoms with E-state index < -0.39 is 11.9 Å². The molecule has 39 heavy (non-hydrogen) atoms. The predicted molar refractivity (Wildman–Crippen MR) is 152 cm³/mol. The number of nitrogens with one attached hydrogen (secondary N) is 1. The van der Waals surface area contributed by atoms with E-state index in [1.165, 1.54) is 12.8 Å². The fourth-order valence-corrected chi connectivity index (χ4v) is 4.31. The maximum atomic E-state index is 13.2. The first-order valence-corrected chi connectivity index (χ1v) is 13.2. The van der Waals surface area contributed by atoms with Crippen molar-refractivity contribution in [3.8, 4) is 0 Å². The molecule has 2 aromatic rings. The summed E-state index contributed by atoms with van der Waals surface area (Å²) in [6.07, 6.45) is 6.36. The van der Waals surface area contributed by atoms with E-state index in [0.29, 0.717) is 18.4 Å². The Bertz CT molecular complexity index is 1150. The molecule has 9 heteroatoms. The second-order valence-corrected chi connectivity index (χ2v) is 9.24. The van der Waals surface area contributed by atoms with Gasteiger partial charge in [-0.25, -0.2) is 9.59 Å². The second kappa shape index (κ2) is 16.1. The number of carbonyl (C=O) groups is 3. The summed E-state index contributed by atoms with van der Waals surface area (Å²) in [6.45, 7) is 9.79. The lowest BCUT2D eigenvalue weighted by molar-refractivity contribution is -0.159. The van der Waals surface area contributed by atoms with Gasteiger partial charge in [0.05, 0.1) is 11.8 Å². The number of allylic oxidation sites excluding steroid dienone is 1. The fourth-order valence-electron chi connectivity index (χ4n) is 4.31. The van der Waals surface area contributed by atoms with Gasteiger partial charge in [-0.2, -0.15) is 0 Å². The third-order valence-corrected chi connectivity index (χ3v) is 6.22. The molecule has 0 saturated carbocycles. The molecule has 210 valence electrons. The number of aryl methyl sites for hydroxylation is 1. The zero-order valence-corrected chi connectivity index (χ0v) is 23.1. The van der Waals surface area contributed by atoms with Crippen LogP contribution in [0, 0.1) is 6.92 Å². The van der Waals surface area contributed by atoms with Crippen LogP contribution < -0.4 is 10.2 Å². The topological polar surface area (TPSA) is 129 Å². The van der Waals surface area contributed by atoms with Crippen molar-refractivity contribution in [1.29, 1.82) is 0 Å². The second-order valence-electron chi connectivity index (χ2n) is 9.24. The molecule has 0 aromatic heterocycles. The average molecular weight is 538 g/mol. The molecule has 0 bridgehead atoms. The molecule has 0 radical (unpaired) electrons. The largest absolute Gasteiger partial charge is 0.473 e. The molecule has 1 heterocycles. The molecular weight excluding hydrogens is 498 g/mol. The number of hydrogen-bond acceptors (Lipinski definition) is 6. The number of unbranched alkanes of at least 4 members (excludes halogenated alkanes) is 1. The summed E-state index contributed by atoms with van der Waals surface area (Å²) < 4.78 is 0. The molecule has 0 aliphatic carbocycles. The van der Waals surface area contributed by atoms with E-state index in [1.54, 1.807) is 0 Å². The van der Waals surface area contributed by atoms with Crippen molar-refractivity contribution >= 4 is 29.2 Å². The number of para-hydroxylation sites is 1. The number of amides is 1. The Morgan fingerprint density at radius 3 is 2.28 bits per heavy atom. The van der Waals surface area contributed by atoms with Gasteiger partial charge in [-0.1, -0.05) is 80.4 Å². The number of benzene rings is 2. The summed E-state index contributed by atoms with van der Waals surface area (Å²) in [4.78, 5) is 38.9. The van der Waals surface area contributed by atoms with Gasteiger partial charge in [0.15, 0.2) is 0 Å². The highest BCUT2D eigenvalue weighted by molar-refractivity contribution is 6.27. The predicted octanol–water partition coefficient (Wildman–Crippen LogP) is 5.12. The van der Waals surface area contributed by atoms with Crippen LogP contribution >= 0.6 is 0 Å². The number of hydrogen-bond donors (Lipinski definition) is 3. The number of anilines is 1. The fraction of sp³-hybridized carbons (Fsp3) is 0.400. The van der Waals surface area contributed by atoms with E-state index in [2.05, 4.69) is 36.5 Å². The van der Waals surface area contributed by atoms with Gasteiger partial charge < -0.3 is 20.4 Å². The van der Waals surface area contributed by atoms with E-state index in [4.69, 9.17) is 24.6 Å². The molecule has 9 nitrogen and oxygen atoms in total. The zero-order chi connectivity index (χ0) is 28.8. The van der Waals surface area contributed by atoms with Gasteiger partial charge in [0.2, 0.25) is 0 Å². The van der Waals surface area contributed by atoms with Gasteiger partial charge in [0, 0.05) is 17.3 Å². The maximum Gasteiger partial charge on any atom is 0.414 e. The van der Waals surface area contributed by atoms with E-state index in [9.17, 15) is 4.79 Å². The number of rotatable bonds is 12. The van der Waals surface area contributed by atoms with Crippen LogP contribution in [0.4, 0.5) is 5.69 Å². The van der Waals surface area contributed by atoms with Gasteiger partial charge in [0.25, 0.3) is 5.91 Å². The Labute approximate surface area is 230 Å². The third-order valence-electron chi connectivity index (χ3n) is 6.22. The number of nitrogens with zero attached hydrogens (tertiary/aromatic N) is 2. The van der Waals surface area contributed by atoms with Crippen molar-refractivity contribution in [3.05, 3.63) is 77.4 Å². The maximum absolute atomic E-state index is 13.2. The van der Waals surface area contributed by atoms with Crippen LogP contribution in [0.2, 0.25) is 0 Å². The highest BCUT2D eigenvalue weighted by Crippen LogP contribution is 2.44. The van der Waals surface area contributed by atoms with Gasteiger partial charge in [-0.3, -0.25) is 9.69 Å². The standard InChI is InChI=1S/C28H37N3O2.C2H2O4/c1-5-7-16-24(29-6-2)18-19-33-30-22(4)20-25-27(23-14-9-8-10-15-23)31(28(25)32)26-17-12-11-13-21(26)3;3-1(4)2(5)6/h8-15,17,20,24,27,29H,5-7,16,18-19H2,1-4H3;(H,3,4)(H,5,6). The van der Waals surface area contributed by atoms with Crippen molar-refractivity contribution in [2.75, 3.05) is 18.1 Å². The van der Waals surface area contributed by atoms with Crippen LogP contribution in [0.25, 0.3) is 0 Å². The minimum absolute atomic E-state index is 0.0134. The molecular formula is C30H39N3O6. The van der Waals surface area contributed by atoms with E-state index in [-0.39, 0.29) is 11.9 Å². The third kappa shape index (κ3) is 9.37. The quantitative estimate of drug-likeness (QED) is 0.0856. The molecule has 0 spiro atoms. The van der Waals surface area contributed by atoms with Crippen LogP contribution in [-0.4, -0.2) is 53.0 Å². The summed E-state index contributed by atoms with van der Waals surface area (Å²) in [6, 6.07) is 18.5. The first-order valence-electron chi connectivity index (χ1n) is 13.2. The number of carboxylic acids is 2. The molecule has 2 atom stereocenters. The first-order chi connectivity index (χ1) is 18.7. The van der Waals surface area contributed by atoms with Crippen LogP contribution in [0.15, 0.2) is 71.4 Å². The zero-order valence-electron chi connectivity index (χ0n) is 23.1. The Hall–Kier alpha value is -3.98. The summed E-state index contributed by atoms with van der Waals surface area (Å²) in [5, 5.41) is 22.6. The van der Waals surface area contributed by atoms with Crippen LogP contribution in [0.5, 0.6) is 0 Å². The summed E-state index contributed by atoms with van der Waals surface area (Å²) in [5.41, 5.74) is 4.56. The number of oxime groups is 1. The highest BCUT2D eigenvalue weighted by Gasteiger charge is 2.44. The van der Waals surface area contributed by atoms with Crippen molar-refractivity contribution < 1.29 is 29.4 Å². The smallest absolute Gasteiger partial charge is 0.414 e. The summed E-state index contributed by atoms with van der Waals surface area (Å²) >= 11 is 0. The van der Waals surface area contributed by atoms with Crippen molar-refractivity contribution in [2.45, 2.75) is 65.5 Å². The molecule has 1 aliphatic rings. The normalized spacial score (nSPS) is 16.7. The number of β-lactam (4-membered cyclic amide) rings is 1. The Morgan fingerprint density at radius 1 is 1.05 bits per heavy atom. The van der Waals surface area contributed by atoms with Gasteiger partial charge in [-0.15, -0.1) is 0 Å². The molecule has 2 aromatic carbocycles. The minimum atomic E-state index is -1.82. The SMILES string of the molecule is CCCCC(CCON=C(C)C=C1C(=O)N(c2ccccc2C)C1c1ccccc1)NCC.O=C(O)C(=O)O. The Balaban J connectivity index is 0.000000798. The van der Waals surface area contributed by atoms with Gasteiger partial charge in [-0.05, 0) is 56.5 Å².